The summed E-state index contributed by atoms with van der Waals surface area (Å²) in [6.45, 7) is 12.6. The van der Waals surface area contributed by atoms with E-state index in [-0.39, 0.29) is 35.5 Å². The van der Waals surface area contributed by atoms with Gasteiger partial charge in [-0.3, -0.25) is 9.59 Å². The molecule has 3 saturated carbocycles. The second kappa shape index (κ2) is 14.9. The Morgan fingerprint density at radius 1 is 1.07 bits per heavy atom. The largest absolute Gasteiger partial charge is 0.463 e. The number of hydrogen-bond donors (Lipinski definition) is 3. The first-order chi connectivity index (χ1) is 19.0. The molecule has 0 spiro atoms. The number of amidine groups is 1. The van der Waals surface area contributed by atoms with Gasteiger partial charge in [0.1, 0.15) is 18.0 Å². The van der Waals surface area contributed by atoms with Crippen molar-refractivity contribution in [2.45, 2.75) is 137 Å². The molecule has 0 aliphatic heterocycles. The van der Waals surface area contributed by atoms with Gasteiger partial charge in [0.25, 0.3) is 0 Å². The molecule has 40 heavy (non-hydrogen) atoms. The van der Waals surface area contributed by atoms with E-state index in [0.29, 0.717) is 41.3 Å². The number of fused-ring (bicyclic) bond motifs is 3. The Morgan fingerprint density at radius 2 is 1.80 bits per heavy atom. The van der Waals surface area contributed by atoms with Crippen LogP contribution in [0.5, 0.6) is 0 Å². The number of nitrogens with two attached hydrogens (primary N) is 2. The standard InChI is InChI=1S/C32H58N4O4/c1-7-26-21(3)19-25(39-22(4)37)13-10-12-24-17-18-32(6)27(20(2)11-8-9-14-29(33)35-36-34)15-16-28(32)30(24)31(26)40-23(5)38/h20-21,24-28,30-31,36H,7-19,34H2,1-6H3,(H2,33,35)/t20-,21?,24?,25-,26-,27?,28?,30-,31-,32?/m1/s1. The van der Waals surface area contributed by atoms with Gasteiger partial charge in [0.05, 0.1) is 0 Å². The monoisotopic (exact) mass is 562 g/mol. The van der Waals surface area contributed by atoms with Crippen LogP contribution in [-0.4, -0.2) is 30.0 Å². The van der Waals surface area contributed by atoms with Gasteiger partial charge in [0.2, 0.25) is 0 Å². The molecular weight excluding hydrogens is 504 g/mol. The van der Waals surface area contributed by atoms with Gasteiger partial charge in [-0.25, -0.2) is 11.4 Å². The molecule has 0 radical (unpaired) electrons. The molecule has 3 aliphatic rings. The van der Waals surface area contributed by atoms with Crippen LogP contribution in [0, 0.1) is 46.8 Å². The zero-order valence-corrected chi connectivity index (χ0v) is 26.1. The molecule has 0 bridgehead atoms. The van der Waals surface area contributed by atoms with Crippen molar-refractivity contribution >= 4 is 17.8 Å². The number of carbonyl (C=O) groups is 2. The van der Waals surface area contributed by atoms with Crippen LogP contribution in [0.2, 0.25) is 0 Å². The number of hydrazone groups is 1. The Balaban J connectivity index is 1.82. The molecule has 3 aliphatic carbocycles. The van der Waals surface area contributed by atoms with Crippen LogP contribution >= 0.6 is 0 Å². The highest BCUT2D eigenvalue weighted by atomic mass is 16.5. The van der Waals surface area contributed by atoms with Crippen LogP contribution in [0.4, 0.5) is 0 Å². The van der Waals surface area contributed by atoms with E-state index in [1.807, 2.05) is 0 Å². The zero-order chi connectivity index (χ0) is 29.4. The van der Waals surface area contributed by atoms with Gasteiger partial charge in [-0.15, -0.1) is 0 Å². The highest BCUT2D eigenvalue weighted by molar-refractivity contribution is 5.79. The van der Waals surface area contributed by atoms with Crippen LogP contribution in [-0.2, 0) is 19.1 Å². The van der Waals surface area contributed by atoms with Gasteiger partial charge in [0.15, 0.2) is 0 Å². The summed E-state index contributed by atoms with van der Waals surface area (Å²) in [5.41, 5.74) is 8.45. The van der Waals surface area contributed by atoms with Gasteiger partial charge < -0.3 is 15.2 Å². The Labute approximate surface area is 243 Å². The highest BCUT2D eigenvalue weighted by Crippen LogP contribution is 2.63. The van der Waals surface area contributed by atoms with Gasteiger partial charge in [0, 0.05) is 26.2 Å². The number of esters is 2. The number of hydrazine groups is 1. The minimum Gasteiger partial charge on any atom is -0.463 e. The summed E-state index contributed by atoms with van der Waals surface area (Å²) in [6, 6.07) is 0. The molecule has 230 valence electrons. The lowest BCUT2D eigenvalue weighted by Crippen LogP contribution is -2.51. The molecule has 0 aromatic heterocycles. The van der Waals surface area contributed by atoms with Crippen LogP contribution < -0.4 is 17.1 Å². The van der Waals surface area contributed by atoms with Crippen molar-refractivity contribution in [1.29, 1.82) is 0 Å². The van der Waals surface area contributed by atoms with Gasteiger partial charge in [-0.2, -0.15) is 5.10 Å². The average molecular weight is 563 g/mol. The molecule has 3 rings (SSSR count). The highest BCUT2D eigenvalue weighted by Gasteiger charge is 2.58. The van der Waals surface area contributed by atoms with E-state index in [1.54, 1.807) is 6.92 Å². The molecule has 0 amide bonds. The second-order valence-electron chi connectivity index (χ2n) is 13.6. The van der Waals surface area contributed by atoms with E-state index in [2.05, 4.69) is 38.3 Å². The molecule has 0 heterocycles. The number of hydrogen-bond acceptors (Lipinski definition) is 7. The summed E-state index contributed by atoms with van der Waals surface area (Å²) in [6.07, 6.45) is 13.9. The molecule has 0 aromatic rings. The lowest BCUT2D eigenvalue weighted by molar-refractivity contribution is -0.167. The van der Waals surface area contributed by atoms with E-state index in [1.165, 1.54) is 39.0 Å². The quantitative estimate of drug-likeness (QED) is 0.0735. The second-order valence-corrected chi connectivity index (χ2v) is 13.6. The van der Waals surface area contributed by atoms with Crippen molar-refractivity contribution < 1.29 is 19.1 Å². The number of nitrogens with zero attached hydrogens (tertiary/aromatic N) is 1. The lowest BCUT2D eigenvalue weighted by Gasteiger charge is -2.53. The maximum absolute atomic E-state index is 12.6. The maximum atomic E-state index is 12.6. The third-order valence-electron chi connectivity index (χ3n) is 11.2. The fourth-order valence-electron chi connectivity index (χ4n) is 9.45. The minimum absolute atomic E-state index is 0.0464. The molecule has 5 unspecified atom stereocenters. The summed E-state index contributed by atoms with van der Waals surface area (Å²) in [5.74, 6) is 8.89. The summed E-state index contributed by atoms with van der Waals surface area (Å²) < 4.78 is 12.1. The van der Waals surface area contributed by atoms with Crippen molar-refractivity contribution in [2.24, 2.45) is 63.5 Å². The molecule has 8 nitrogen and oxygen atoms in total. The Hall–Kier alpha value is -1.83. The smallest absolute Gasteiger partial charge is 0.302 e. The van der Waals surface area contributed by atoms with Crippen molar-refractivity contribution in [3.8, 4) is 0 Å². The van der Waals surface area contributed by atoms with E-state index < -0.39 is 0 Å². The normalized spacial score (nSPS) is 37.5. The van der Waals surface area contributed by atoms with E-state index >= 15 is 0 Å². The first-order valence-electron chi connectivity index (χ1n) is 16.1. The summed E-state index contributed by atoms with van der Waals surface area (Å²) in [4.78, 5) is 24.4. The van der Waals surface area contributed by atoms with Crippen LogP contribution in [0.1, 0.15) is 125 Å². The first-order valence-corrected chi connectivity index (χ1v) is 16.1. The summed E-state index contributed by atoms with van der Waals surface area (Å²) >= 11 is 0. The Kier molecular flexibility index (Phi) is 12.2. The molecule has 0 saturated heterocycles. The van der Waals surface area contributed by atoms with Gasteiger partial charge in [-0.1, -0.05) is 40.5 Å². The van der Waals surface area contributed by atoms with Crippen molar-refractivity contribution in [2.75, 3.05) is 0 Å². The van der Waals surface area contributed by atoms with E-state index in [0.717, 1.165) is 51.4 Å². The summed E-state index contributed by atoms with van der Waals surface area (Å²) in [5, 5.41) is 3.88. The average Bonchev–Trinajstić information content (AvgIpc) is 3.22. The Bertz CT molecular complexity index is 866. The minimum atomic E-state index is -0.194. The fourth-order valence-corrected chi connectivity index (χ4v) is 9.45. The number of ether oxygens (including phenoxy) is 2. The van der Waals surface area contributed by atoms with Crippen molar-refractivity contribution in [1.82, 2.24) is 5.53 Å². The lowest BCUT2D eigenvalue weighted by atomic mass is 9.53. The molecule has 10 atom stereocenters. The number of rotatable bonds is 10. The third kappa shape index (κ3) is 7.92. The third-order valence-corrected chi connectivity index (χ3v) is 11.2. The number of unbranched alkanes of at least 4 members (excludes halogenated alkanes) is 1. The number of nitrogens with one attached hydrogen (secondary N) is 1. The molecule has 5 N–H and O–H groups in total. The van der Waals surface area contributed by atoms with Crippen LogP contribution in [0.25, 0.3) is 0 Å². The maximum Gasteiger partial charge on any atom is 0.302 e. The molecule has 8 heteroatoms. The summed E-state index contributed by atoms with van der Waals surface area (Å²) in [7, 11) is 0. The molecular formula is C32H58N4O4. The van der Waals surface area contributed by atoms with Crippen molar-refractivity contribution in [3.63, 3.8) is 0 Å². The Morgan fingerprint density at radius 3 is 2.45 bits per heavy atom. The predicted molar refractivity (Wildman–Crippen MR) is 160 cm³/mol. The van der Waals surface area contributed by atoms with Crippen molar-refractivity contribution in [3.05, 3.63) is 0 Å². The van der Waals surface area contributed by atoms with E-state index in [4.69, 9.17) is 21.1 Å². The first kappa shape index (κ1) is 32.7. The fraction of sp³-hybridized carbons (Fsp3) is 0.906. The molecule has 0 aromatic carbocycles. The zero-order valence-electron chi connectivity index (χ0n) is 26.1. The predicted octanol–water partition coefficient (Wildman–Crippen LogP) is 6.08. The van der Waals surface area contributed by atoms with Crippen LogP contribution in [0.15, 0.2) is 5.10 Å². The van der Waals surface area contributed by atoms with E-state index in [9.17, 15) is 9.59 Å². The SMILES string of the molecule is CC[C@@H]1C(C)C[C@H](OC(C)=O)CCCC2CCC3(C)C(CCC3[C@H](C)CCCC/C(N)=N/NN)[C@@H]2[C@@H]1OC(C)=O. The molecule has 3 fully saturated rings. The van der Waals surface area contributed by atoms with Gasteiger partial charge >= 0.3 is 11.9 Å². The number of carbonyl (C=O) groups excluding carboxylic acids is 2. The van der Waals surface area contributed by atoms with Gasteiger partial charge in [-0.05, 0) is 105 Å². The van der Waals surface area contributed by atoms with Crippen LogP contribution in [0.3, 0.4) is 0 Å². The topological polar surface area (TPSA) is 129 Å².